The van der Waals surface area contributed by atoms with Crippen molar-refractivity contribution in [2.75, 3.05) is 0 Å². The van der Waals surface area contributed by atoms with Gasteiger partial charge in [-0.3, -0.25) is 4.68 Å². The van der Waals surface area contributed by atoms with E-state index in [0.717, 1.165) is 26.0 Å². The van der Waals surface area contributed by atoms with E-state index in [9.17, 15) is 0 Å². The molecular formula is C9H8BrClN2. The summed E-state index contributed by atoms with van der Waals surface area (Å²) < 4.78 is 2.71. The zero-order chi connectivity index (χ0) is 9.59. The topological polar surface area (TPSA) is 17.8 Å². The molecule has 0 aliphatic heterocycles. The first-order valence-corrected chi connectivity index (χ1v) is 5.04. The fourth-order valence-corrected chi connectivity index (χ4v) is 2.12. The van der Waals surface area contributed by atoms with Crippen molar-refractivity contribution in [1.82, 2.24) is 9.78 Å². The van der Waals surface area contributed by atoms with Gasteiger partial charge in [0, 0.05) is 23.1 Å². The molecule has 4 heteroatoms. The smallest absolute Gasteiger partial charge is 0.0938 e. The Labute approximate surface area is 89.6 Å². The molecule has 0 amide bonds. The predicted molar refractivity (Wildman–Crippen MR) is 58.2 cm³/mol. The van der Waals surface area contributed by atoms with Gasteiger partial charge in [0.05, 0.1) is 10.5 Å². The van der Waals surface area contributed by atoms with Crippen LogP contribution in [0.5, 0.6) is 0 Å². The second kappa shape index (κ2) is 3.00. The lowest BCUT2D eigenvalue weighted by Gasteiger charge is -2.00. The summed E-state index contributed by atoms with van der Waals surface area (Å²) in [6, 6.07) is 1.99. The zero-order valence-corrected chi connectivity index (χ0v) is 9.65. The van der Waals surface area contributed by atoms with Crippen LogP contribution >= 0.6 is 27.5 Å². The maximum Gasteiger partial charge on any atom is 0.0938 e. The molecule has 1 heterocycles. The Morgan fingerprint density at radius 1 is 1.54 bits per heavy atom. The van der Waals surface area contributed by atoms with E-state index in [0.29, 0.717) is 0 Å². The summed E-state index contributed by atoms with van der Waals surface area (Å²) in [5, 5.41) is 6.12. The number of rotatable bonds is 0. The summed E-state index contributed by atoms with van der Waals surface area (Å²) in [6.45, 7) is 1.97. The van der Waals surface area contributed by atoms with E-state index < -0.39 is 0 Å². The van der Waals surface area contributed by atoms with Crippen LogP contribution in [0.15, 0.2) is 16.7 Å². The van der Waals surface area contributed by atoms with Crippen LogP contribution in [0.2, 0.25) is 5.02 Å². The van der Waals surface area contributed by atoms with E-state index in [1.807, 2.05) is 26.2 Å². The molecule has 0 spiro atoms. The van der Waals surface area contributed by atoms with Crippen LogP contribution in [-0.2, 0) is 7.05 Å². The molecule has 0 atom stereocenters. The van der Waals surface area contributed by atoms with Crippen molar-refractivity contribution in [3.63, 3.8) is 0 Å². The molecule has 0 bridgehead atoms. The number of hydrogen-bond acceptors (Lipinski definition) is 1. The number of halogens is 2. The minimum atomic E-state index is 0.764. The number of nitrogens with zero attached hydrogens (tertiary/aromatic N) is 2. The first-order valence-electron chi connectivity index (χ1n) is 3.87. The van der Waals surface area contributed by atoms with E-state index in [4.69, 9.17) is 11.6 Å². The third kappa shape index (κ3) is 1.36. The van der Waals surface area contributed by atoms with Crippen LogP contribution in [0.25, 0.3) is 10.9 Å². The number of fused-ring (bicyclic) bond motifs is 1. The summed E-state index contributed by atoms with van der Waals surface area (Å²) >= 11 is 9.54. The van der Waals surface area contributed by atoms with Gasteiger partial charge in [-0.1, -0.05) is 11.6 Å². The highest BCUT2D eigenvalue weighted by Gasteiger charge is 2.09. The summed E-state index contributed by atoms with van der Waals surface area (Å²) in [5.41, 5.74) is 2.01. The van der Waals surface area contributed by atoms with Crippen LogP contribution < -0.4 is 0 Å². The van der Waals surface area contributed by atoms with Gasteiger partial charge in [-0.2, -0.15) is 5.10 Å². The molecule has 0 radical (unpaired) electrons. The van der Waals surface area contributed by atoms with Gasteiger partial charge in [0.15, 0.2) is 0 Å². The fourth-order valence-electron chi connectivity index (χ4n) is 1.34. The quantitative estimate of drug-likeness (QED) is 0.710. The summed E-state index contributed by atoms with van der Waals surface area (Å²) in [7, 11) is 1.90. The van der Waals surface area contributed by atoms with Crippen molar-refractivity contribution < 1.29 is 0 Å². The van der Waals surface area contributed by atoms with Crippen LogP contribution in [0.4, 0.5) is 0 Å². The molecule has 0 saturated heterocycles. The maximum absolute atomic E-state index is 6.08. The fraction of sp³-hybridized carbons (Fsp3) is 0.222. The predicted octanol–water partition coefficient (Wildman–Crippen LogP) is 3.30. The normalized spacial score (nSPS) is 11.1. The number of aryl methyl sites for hydroxylation is 2. The Morgan fingerprint density at radius 3 is 2.92 bits per heavy atom. The van der Waals surface area contributed by atoms with Crippen molar-refractivity contribution in [2.45, 2.75) is 6.92 Å². The number of hydrogen-bond donors (Lipinski definition) is 0. The van der Waals surface area contributed by atoms with Crippen molar-refractivity contribution in [1.29, 1.82) is 0 Å². The second-order valence-corrected chi connectivity index (χ2v) is 4.23. The van der Waals surface area contributed by atoms with E-state index in [1.165, 1.54) is 0 Å². The molecule has 1 aromatic heterocycles. The van der Waals surface area contributed by atoms with Gasteiger partial charge in [-0.25, -0.2) is 0 Å². The van der Waals surface area contributed by atoms with Crippen LogP contribution in [0.1, 0.15) is 5.56 Å². The van der Waals surface area contributed by atoms with Crippen LogP contribution in [-0.4, -0.2) is 9.78 Å². The molecular weight excluding hydrogens is 251 g/mol. The van der Waals surface area contributed by atoms with E-state index in [1.54, 1.807) is 4.68 Å². The Morgan fingerprint density at radius 2 is 2.23 bits per heavy atom. The van der Waals surface area contributed by atoms with E-state index in [2.05, 4.69) is 21.0 Å². The molecule has 68 valence electrons. The van der Waals surface area contributed by atoms with Gasteiger partial charge in [0.2, 0.25) is 0 Å². The Hall–Kier alpha value is -0.540. The molecule has 0 N–H and O–H groups in total. The monoisotopic (exact) mass is 258 g/mol. The zero-order valence-electron chi connectivity index (χ0n) is 7.31. The molecule has 1 aromatic carbocycles. The van der Waals surface area contributed by atoms with Crippen molar-refractivity contribution in [3.8, 4) is 0 Å². The second-order valence-electron chi connectivity index (χ2n) is 3.06. The largest absolute Gasteiger partial charge is 0.275 e. The van der Waals surface area contributed by atoms with E-state index >= 15 is 0 Å². The summed E-state index contributed by atoms with van der Waals surface area (Å²) in [6.07, 6.45) is 1.95. The number of benzene rings is 1. The SMILES string of the molecule is Cc1cc2nn(C)cc2c(Br)c1Cl. The van der Waals surface area contributed by atoms with Gasteiger partial charge in [0.1, 0.15) is 0 Å². The van der Waals surface area contributed by atoms with Gasteiger partial charge >= 0.3 is 0 Å². The Kier molecular flexibility index (Phi) is 2.08. The lowest BCUT2D eigenvalue weighted by atomic mass is 10.2. The minimum Gasteiger partial charge on any atom is -0.275 e. The third-order valence-electron chi connectivity index (χ3n) is 1.99. The van der Waals surface area contributed by atoms with Crippen LogP contribution in [0.3, 0.4) is 0 Å². The lowest BCUT2D eigenvalue weighted by molar-refractivity contribution is 0.779. The van der Waals surface area contributed by atoms with Gasteiger partial charge in [-0.05, 0) is 34.5 Å². The van der Waals surface area contributed by atoms with Gasteiger partial charge in [-0.15, -0.1) is 0 Å². The molecule has 0 aliphatic rings. The molecule has 0 aliphatic carbocycles. The molecule has 0 unspecified atom stereocenters. The highest BCUT2D eigenvalue weighted by Crippen LogP contribution is 2.33. The van der Waals surface area contributed by atoms with Crippen LogP contribution in [0, 0.1) is 6.92 Å². The summed E-state index contributed by atoms with van der Waals surface area (Å²) in [5.74, 6) is 0. The van der Waals surface area contributed by atoms with Gasteiger partial charge in [0.25, 0.3) is 0 Å². The minimum absolute atomic E-state index is 0.764. The highest BCUT2D eigenvalue weighted by atomic mass is 79.9. The van der Waals surface area contributed by atoms with E-state index in [-0.39, 0.29) is 0 Å². The van der Waals surface area contributed by atoms with Crippen molar-refractivity contribution in [2.24, 2.45) is 7.05 Å². The molecule has 0 saturated carbocycles. The van der Waals surface area contributed by atoms with Crippen molar-refractivity contribution >= 4 is 38.4 Å². The first kappa shape index (κ1) is 9.03. The standard InChI is InChI=1S/C9H8BrClN2/c1-5-3-7-6(4-13(2)12-7)8(10)9(5)11/h3-4H,1-2H3. The molecule has 2 aromatic rings. The first-order chi connectivity index (χ1) is 6.09. The number of aromatic nitrogens is 2. The molecule has 0 fully saturated rings. The third-order valence-corrected chi connectivity index (χ3v) is 3.52. The summed E-state index contributed by atoms with van der Waals surface area (Å²) in [4.78, 5) is 0. The lowest BCUT2D eigenvalue weighted by Crippen LogP contribution is -1.84. The molecule has 2 nitrogen and oxygen atoms in total. The average molecular weight is 260 g/mol. The van der Waals surface area contributed by atoms with Crippen molar-refractivity contribution in [3.05, 3.63) is 27.3 Å². The Bertz CT molecular complexity index is 476. The highest BCUT2D eigenvalue weighted by molar-refractivity contribution is 9.10. The van der Waals surface area contributed by atoms with Gasteiger partial charge < -0.3 is 0 Å². The molecule has 13 heavy (non-hydrogen) atoms. The Balaban J connectivity index is 2.92. The molecule has 2 rings (SSSR count). The maximum atomic E-state index is 6.08. The average Bonchev–Trinajstić information content (AvgIpc) is 2.42.